The third kappa shape index (κ3) is 23.7. The fourth-order valence-electron chi connectivity index (χ4n) is 12.1. The van der Waals surface area contributed by atoms with Crippen LogP contribution in [0.3, 0.4) is 0 Å². The van der Waals surface area contributed by atoms with Gasteiger partial charge < -0.3 is 146 Å². The number of hydrogen-bond acceptors (Lipinski definition) is 34. The maximum Gasteiger partial charge on any atom is 0.305 e. The van der Waals surface area contributed by atoms with E-state index in [9.17, 15) is 86.5 Å². The highest BCUT2D eigenvalue weighted by Gasteiger charge is 2.58. The zero-order chi connectivity index (χ0) is 73.6. The summed E-state index contributed by atoms with van der Waals surface area (Å²) in [5.41, 5.74) is -6.93. The Labute approximate surface area is 589 Å². The summed E-state index contributed by atoms with van der Waals surface area (Å²) in [6.07, 6.45) is -32.5. The van der Waals surface area contributed by atoms with Crippen LogP contribution in [-0.4, -0.2) is 333 Å². The summed E-state index contributed by atoms with van der Waals surface area (Å²) in [5, 5.41) is 191. The molecule has 0 radical (unpaired) electrons. The molecule has 34 nitrogen and oxygen atoms in total. The van der Waals surface area contributed by atoms with Gasteiger partial charge in [0, 0.05) is 34.2 Å². The van der Waals surface area contributed by atoms with E-state index in [1.54, 1.807) is 51.9 Å². The van der Waals surface area contributed by atoms with Crippen molar-refractivity contribution >= 4 is 85.6 Å². The normalized spacial score (nSPS) is 32.7. The van der Waals surface area contributed by atoms with Gasteiger partial charge in [0.25, 0.3) is 0 Å². The molecule has 0 saturated carbocycles. The molecule has 4 heterocycles. The van der Waals surface area contributed by atoms with Crippen LogP contribution >= 0.6 is 45.6 Å². The average Bonchev–Trinajstić information content (AvgIpc) is 0.762. The molecule has 0 aromatic heterocycles. The smallest absolute Gasteiger partial charge is 0.305 e. The molecule has 566 valence electrons. The summed E-state index contributed by atoms with van der Waals surface area (Å²) in [7, 11) is 3.38. The molecule has 1 aromatic rings. The summed E-state index contributed by atoms with van der Waals surface area (Å²) in [6.45, 7) is 1.89. The number of nitrogens with one attached hydrogen (secondary N) is 5. The van der Waals surface area contributed by atoms with Crippen LogP contribution in [0.4, 0.5) is 0 Å². The van der Waals surface area contributed by atoms with E-state index in [0.29, 0.717) is 30.5 Å². The Morgan fingerprint density at radius 2 is 0.848 bits per heavy atom. The van der Waals surface area contributed by atoms with Crippen molar-refractivity contribution in [2.75, 3.05) is 84.2 Å². The number of benzene rings is 1. The van der Waals surface area contributed by atoms with E-state index in [4.69, 9.17) is 55.5 Å². The standard InChI is InChI=1S/C61H99N5O29S4/c1-58(54(84)63-37-45(76)41(72)32(24-67)92-49(37)80,13-12-36(71)91-20-19-89-16-15-88-17-18-90-21-23-98-97-22-9-8-14-62)28-59(2,55(85)64-38-46(77)42(73)33(25-68)93-50(38)81)29-60(3,56(86)65-39-47(78)43(74)34(26-69)94-51(39)82)30-61(4,99-53(96)31-10-6-5-7-11-31)57(87)66-40-48(79)44(75)35(27-70)95-52(40)83/h5-7,10-11,14,32-35,37-52,62,67-70,72-83H,8-9,12-13,15-30H2,1-4H3,(H,63,84)(H,64,85)(H,65,86)(H,66,87). The van der Waals surface area contributed by atoms with E-state index in [2.05, 4.69) is 21.3 Å². The molecule has 4 amide bonds. The van der Waals surface area contributed by atoms with Crippen LogP contribution in [0.2, 0.25) is 0 Å². The number of aliphatic hydroxyl groups excluding tert-OH is 16. The van der Waals surface area contributed by atoms with Crippen molar-refractivity contribution in [2.24, 2.45) is 16.2 Å². The molecule has 38 heteroatoms. The quantitative estimate of drug-likeness (QED) is 0.00956. The van der Waals surface area contributed by atoms with Crippen molar-refractivity contribution in [1.82, 2.24) is 21.3 Å². The van der Waals surface area contributed by atoms with Gasteiger partial charge in [0.05, 0.1) is 75.0 Å². The predicted molar refractivity (Wildman–Crippen MR) is 356 cm³/mol. The number of hydrogen-bond donors (Lipinski definition) is 21. The first-order chi connectivity index (χ1) is 46.8. The molecule has 0 spiro atoms. The summed E-state index contributed by atoms with van der Waals surface area (Å²) >= 11 is 6.51. The molecule has 4 fully saturated rings. The van der Waals surface area contributed by atoms with Gasteiger partial charge in [0.2, 0.25) is 23.6 Å². The number of amides is 4. The van der Waals surface area contributed by atoms with Crippen molar-refractivity contribution < 1.29 is 144 Å². The average molecular weight is 1490 g/mol. The molecule has 0 aliphatic carbocycles. The van der Waals surface area contributed by atoms with Gasteiger partial charge in [-0.3, -0.25) is 24.0 Å². The summed E-state index contributed by atoms with van der Waals surface area (Å²) in [5.74, 6) is -4.30. The van der Waals surface area contributed by atoms with Gasteiger partial charge in [-0.2, -0.15) is 0 Å². The second-order valence-electron chi connectivity index (χ2n) is 25.7. The Balaban J connectivity index is 1.59. The Morgan fingerprint density at radius 3 is 1.25 bits per heavy atom. The van der Waals surface area contributed by atoms with Crippen LogP contribution in [0.15, 0.2) is 30.3 Å². The SMILES string of the molecule is CC(CCC(=O)OCCOCCOCCOCCSSCCCC=N)(CC(C)(CC(C)(CC(C)(SC(=S)c1ccccc1)C(=O)NC1C(O)OC(CO)C(O)C1O)C(=O)NC1C(O)OC(CO)C(O)C1O)C(=O)NC1C(O)OC(CO)C(O)C1O)C(=O)NC1C(O)OC(CO)C(O)C1O. The largest absolute Gasteiger partial charge is 0.463 e. The minimum absolute atomic E-state index is 0.0499. The molecule has 24 atom stereocenters. The first-order valence-corrected chi connectivity index (χ1v) is 35.9. The van der Waals surface area contributed by atoms with Gasteiger partial charge in [0.15, 0.2) is 25.2 Å². The molecular formula is C61H99N5O29S4. The molecule has 21 N–H and O–H groups in total. The van der Waals surface area contributed by atoms with Crippen LogP contribution in [0.1, 0.15) is 78.2 Å². The fraction of sp³-hybridized carbons (Fsp3) is 0.787. The van der Waals surface area contributed by atoms with Crippen molar-refractivity contribution in [1.29, 1.82) is 5.41 Å². The zero-order valence-electron chi connectivity index (χ0n) is 55.2. The van der Waals surface area contributed by atoms with E-state index in [1.165, 1.54) is 20.1 Å². The van der Waals surface area contributed by atoms with E-state index < -0.39 is 232 Å². The van der Waals surface area contributed by atoms with E-state index in [1.807, 2.05) is 0 Å². The van der Waals surface area contributed by atoms with Gasteiger partial charge in [-0.1, -0.05) is 96.7 Å². The second-order valence-corrected chi connectivity index (χ2v) is 30.5. The minimum Gasteiger partial charge on any atom is -0.463 e. The summed E-state index contributed by atoms with van der Waals surface area (Å²) < 4.78 is 41.2. The van der Waals surface area contributed by atoms with Crippen LogP contribution in [0.25, 0.3) is 0 Å². The third-order valence-electron chi connectivity index (χ3n) is 17.6. The number of unbranched alkanes of at least 4 members (excludes halogenated alkanes) is 1. The Hall–Kier alpha value is -3.54. The monoisotopic (exact) mass is 1490 g/mol. The number of thiocarbonyl (C=S) groups is 1. The molecule has 0 bridgehead atoms. The summed E-state index contributed by atoms with van der Waals surface area (Å²) in [6, 6.07) is 0.115. The highest BCUT2D eigenvalue weighted by Crippen LogP contribution is 2.51. The van der Waals surface area contributed by atoms with Crippen LogP contribution in [-0.2, 0) is 61.9 Å². The van der Waals surface area contributed by atoms with E-state index >= 15 is 19.2 Å². The predicted octanol–water partition coefficient (Wildman–Crippen LogP) is -6.11. The number of ether oxygens (including phenoxy) is 8. The number of carbonyl (C=O) groups excluding carboxylic acids is 5. The molecule has 4 saturated heterocycles. The van der Waals surface area contributed by atoms with Crippen LogP contribution in [0, 0.1) is 21.7 Å². The number of rotatable bonds is 40. The highest BCUT2D eigenvalue weighted by atomic mass is 33.1. The maximum atomic E-state index is 15.9. The lowest BCUT2D eigenvalue weighted by atomic mass is 9.61. The number of aliphatic hydroxyl groups is 16. The zero-order valence-corrected chi connectivity index (χ0v) is 58.5. The number of carbonyl (C=O) groups is 5. The molecule has 4 aliphatic rings. The van der Waals surface area contributed by atoms with Crippen molar-refractivity contribution in [3.05, 3.63) is 35.9 Å². The number of esters is 1. The molecule has 4 aliphatic heterocycles. The van der Waals surface area contributed by atoms with Crippen LogP contribution < -0.4 is 21.3 Å². The van der Waals surface area contributed by atoms with E-state index in [0.717, 1.165) is 38.2 Å². The van der Waals surface area contributed by atoms with Crippen molar-refractivity contribution in [3.63, 3.8) is 0 Å². The van der Waals surface area contributed by atoms with E-state index in [-0.39, 0.29) is 37.2 Å². The Bertz CT molecular complexity index is 2720. The molecular weight excluding hydrogens is 1390 g/mol. The topological polar surface area (TPSA) is 555 Å². The number of thioether (sulfide) groups is 1. The third-order valence-corrected chi connectivity index (χ3v) is 21.8. The Morgan fingerprint density at radius 1 is 0.495 bits per heavy atom. The highest BCUT2D eigenvalue weighted by molar-refractivity contribution is 8.76. The first-order valence-electron chi connectivity index (χ1n) is 32.2. The van der Waals surface area contributed by atoms with Gasteiger partial charge in [0.1, 0.15) is 104 Å². The van der Waals surface area contributed by atoms with Crippen molar-refractivity contribution in [2.45, 2.75) is 200 Å². The van der Waals surface area contributed by atoms with Gasteiger partial charge in [-0.15, -0.1) is 0 Å². The molecule has 5 rings (SSSR count). The minimum atomic E-state index is -2.50. The lowest BCUT2D eigenvalue weighted by Crippen LogP contribution is -2.67. The molecule has 1 aromatic carbocycles. The lowest BCUT2D eigenvalue weighted by molar-refractivity contribution is -0.255. The fourth-order valence-corrected chi connectivity index (χ4v) is 16.0. The van der Waals surface area contributed by atoms with Gasteiger partial charge >= 0.3 is 5.97 Å². The van der Waals surface area contributed by atoms with Gasteiger partial charge in [-0.05, 0) is 57.2 Å². The second kappa shape index (κ2) is 40.7. The Kier molecular flexibility index (Phi) is 35.4. The van der Waals surface area contributed by atoms with Crippen LogP contribution in [0.5, 0.6) is 0 Å². The lowest BCUT2D eigenvalue weighted by Gasteiger charge is -2.48. The molecule has 24 unspecified atom stereocenters. The van der Waals surface area contributed by atoms with Gasteiger partial charge in [-0.25, -0.2) is 0 Å². The maximum absolute atomic E-state index is 15.9. The molecule has 99 heavy (non-hydrogen) atoms. The first kappa shape index (κ1) is 86.1. The summed E-state index contributed by atoms with van der Waals surface area (Å²) in [4.78, 5) is 76.3. The van der Waals surface area contributed by atoms with Crippen molar-refractivity contribution in [3.8, 4) is 0 Å².